The monoisotopic (exact) mass is 272 g/mol. The van der Waals surface area contributed by atoms with E-state index in [0.29, 0.717) is 0 Å². The third-order valence-electron chi connectivity index (χ3n) is 2.65. The van der Waals surface area contributed by atoms with E-state index in [9.17, 15) is 0 Å². The topological polar surface area (TPSA) is 0 Å². The van der Waals surface area contributed by atoms with Crippen LogP contribution in [-0.2, 0) is 6.42 Å². The number of benzene rings is 2. The second kappa shape index (κ2) is 12.5. The molecule has 2 rings (SSSR count). The van der Waals surface area contributed by atoms with E-state index in [-0.39, 0.29) is 7.43 Å². The van der Waals surface area contributed by atoms with Crippen LogP contribution in [0.5, 0.6) is 0 Å². The van der Waals surface area contributed by atoms with Crippen LogP contribution in [0.2, 0.25) is 0 Å². The maximum atomic E-state index is 2.20. The summed E-state index contributed by atoms with van der Waals surface area (Å²) in [5, 5.41) is 0. The Hall–Kier alpha value is -1.56. The molecule has 0 N–H and O–H groups in total. The van der Waals surface area contributed by atoms with Crippen molar-refractivity contribution >= 4 is 0 Å². The molecule has 0 radical (unpaired) electrons. The van der Waals surface area contributed by atoms with E-state index < -0.39 is 0 Å². The molecule has 0 aliphatic carbocycles. The molecule has 0 fully saturated rings. The zero-order valence-electron chi connectivity index (χ0n) is 13.3. The molecular formula is C20H32. The molecular weight excluding hydrogens is 240 g/mol. The van der Waals surface area contributed by atoms with Crippen LogP contribution < -0.4 is 0 Å². The van der Waals surface area contributed by atoms with Gasteiger partial charge in [-0.1, -0.05) is 94.8 Å². The number of hydrogen-bond acceptors (Lipinski definition) is 0. The number of rotatable bonds is 2. The molecule has 0 nitrogen and oxygen atoms in total. The summed E-state index contributed by atoms with van der Waals surface area (Å²) in [6.45, 7) is 12.2. The van der Waals surface area contributed by atoms with Crippen LogP contribution in [0.25, 0.3) is 0 Å². The molecule has 0 aliphatic rings. The molecule has 0 amide bonds. The first kappa shape index (κ1) is 20.8. The summed E-state index contributed by atoms with van der Waals surface area (Å²) < 4.78 is 0. The maximum absolute atomic E-state index is 2.20. The predicted octanol–water partition coefficient (Wildman–Crippen LogP) is 6.58. The van der Waals surface area contributed by atoms with Gasteiger partial charge in [-0.3, -0.25) is 0 Å². The summed E-state index contributed by atoms with van der Waals surface area (Å²) in [5.74, 6) is 0. The van der Waals surface area contributed by atoms with Gasteiger partial charge in [0.2, 0.25) is 0 Å². The zero-order chi connectivity index (χ0) is 14.7. The van der Waals surface area contributed by atoms with Crippen molar-refractivity contribution in [3.05, 3.63) is 70.8 Å². The minimum absolute atomic E-state index is 0. The third kappa shape index (κ3) is 7.78. The Labute approximate surface area is 126 Å². The first-order valence-corrected chi connectivity index (χ1v) is 7.35. The minimum atomic E-state index is 0. The summed E-state index contributed by atoms with van der Waals surface area (Å²) in [4.78, 5) is 0. The third-order valence-corrected chi connectivity index (χ3v) is 2.65. The van der Waals surface area contributed by atoms with Gasteiger partial charge in [0.05, 0.1) is 0 Å². The van der Waals surface area contributed by atoms with Crippen molar-refractivity contribution in [1.29, 1.82) is 0 Å². The lowest BCUT2D eigenvalue weighted by atomic mass is 10.0. The van der Waals surface area contributed by atoms with Crippen LogP contribution in [0.1, 0.15) is 57.4 Å². The molecule has 0 saturated heterocycles. The molecule has 0 atom stereocenters. The number of hydrogen-bond donors (Lipinski definition) is 0. The van der Waals surface area contributed by atoms with Crippen LogP contribution >= 0.6 is 0 Å². The van der Waals surface area contributed by atoms with Gasteiger partial charge in [0.1, 0.15) is 0 Å². The van der Waals surface area contributed by atoms with Gasteiger partial charge in [0.25, 0.3) is 0 Å². The lowest BCUT2D eigenvalue weighted by Gasteiger charge is -2.03. The number of aryl methyl sites for hydroxylation is 2. The standard InChI is InChI=1S/C15H16.2C2H6.CH4/c1-12-3-7-14(8-4-12)11-15-9-5-13(2)6-10-15;2*1-2;/h3-10H,11H2,1-2H3;2*1-2H3;1H4. The first-order valence-electron chi connectivity index (χ1n) is 7.35. The van der Waals surface area contributed by atoms with Crippen molar-refractivity contribution in [3.63, 3.8) is 0 Å². The van der Waals surface area contributed by atoms with Crippen molar-refractivity contribution in [2.75, 3.05) is 0 Å². The second-order valence-electron chi connectivity index (χ2n) is 4.15. The molecule has 0 heteroatoms. The molecule has 0 heterocycles. The Bertz CT molecular complexity index is 377. The van der Waals surface area contributed by atoms with Crippen molar-refractivity contribution in [1.82, 2.24) is 0 Å². The van der Waals surface area contributed by atoms with Gasteiger partial charge >= 0.3 is 0 Å². The Morgan fingerprint density at radius 2 is 0.800 bits per heavy atom. The fourth-order valence-electron chi connectivity index (χ4n) is 1.65. The largest absolute Gasteiger partial charge is 0.0776 e. The molecule has 0 aromatic heterocycles. The van der Waals surface area contributed by atoms with Crippen LogP contribution in [0.3, 0.4) is 0 Å². The highest BCUT2D eigenvalue weighted by Gasteiger charge is 1.95. The SMILES string of the molecule is C.CC.CC.Cc1ccc(Cc2ccc(C)cc2)cc1. The highest BCUT2D eigenvalue weighted by molar-refractivity contribution is 5.29. The van der Waals surface area contributed by atoms with E-state index in [4.69, 9.17) is 0 Å². The lowest BCUT2D eigenvalue weighted by molar-refractivity contribution is 1.18. The smallest absolute Gasteiger partial charge is 0.00258 e. The van der Waals surface area contributed by atoms with E-state index in [1.807, 2.05) is 27.7 Å². The highest BCUT2D eigenvalue weighted by atomic mass is 14.0. The summed E-state index contributed by atoms with van der Waals surface area (Å²) in [6, 6.07) is 17.5. The van der Waals surface area contributed by atoms with Gasteiger partial charge in [0, 0.05) is 0 Å². The van der Waals surface area contributed by atoms with Gasteiger partial charge in [-0.2, -0.15) is 0 Å². The summed E-state index contributed by atoms with van der Waals surface area (Å²) >= 11 is 0. The highest BCUT2D eigenvalue weighted by Crippen LogP contribution is 2.11. The Balaban J connectivity index is 0. The molecule has 2 aromatic rings. The van der Waals surface area contributed by atoms with Crippen molar-refractivity contribution in [2.45, 2.75) is 55.4 Å². The van der Waals surface area contributed by atoms with Gasteiger partial charge in [-0.05, 0) is 31.4 Å². The van der Waals surface area contributed by atoms with Gasteiger partial charge in [-0.15, -0.1) is 0 Å². The lowest BCUT2D eigenvalue weighted by Crippen LogP contribution is -1.88. The first-order chi connectivity index (χ1) is 9.24. The molecule has 0 saturated carbocycles. The summed E-state index contributed by atoms with van der Waals surface area (Å²) in [5.41, 5.74) is 5.40. The summed E-state index contributed by atoms with van der Waals surface area (Å²) in [7, 11) is 0. The molecule has 0 unspecified atom stereocenters. The minimum Gasteiger partial charge on any atom is -0.0776 e. The molecule has 0 spiro atoms. The molecule has 112 valence electrons. The van der Waals surface area contributed by atoms with Crippen LogP contribution in [0, 0.1) is 13.8 Å². The van der Waals surface area contributed by atoms with Crippen molar-refractivity contribution in [2.24, 2.45) is 0 Å². The van der Waals surface area contributed by atoms with E-state index in [1.165, 1.54) is 22.3 Å². The quantitative estimate of drug-likeness (QED) is 0.579. The predicted molar refractivity (Wildman–Crippen MR) is 94.6 cm³/mol. The average Bonchev–Trinajstić information content (AvgIpc) is 2.48. The van der Waals surface area contributed by atoms with Crippen LogP contribution in [0.15, 0.2) is 48.5 Å². The normalized spacial score (nSPS) is 8.30. The molecule has 0 aliphatic heterocycles. The average molecular weight is 272 g/mol. The molecule has 2 aromatic carbocycles. The molecule has 20 heavy (non-hydrogen) atoms. The van der Waals surface area contributed by atoms with Crippen LogP contribution in [0.4, 0.5) is 0 Å². The zero-order valence-corrected chi connectivity index (χ0v) is 13.3. The Kier molecular flexibility index (Phi) is 12.9. The fraction of sp³-hybridized carbons (Fsp3) is 0.400. The van der Waals surface area contributed by atoms with E-state index >= 15 is 0 Å². The van der Waals surface area contributed by atoms with E-state index in [2.05, 4.69) is 62.4 Å². The molecule has 0 bridgehead atoms. The van der Waals surface area contributed by atoms with E-state index in [1.54, 1.807) is 0 Å². The maximum Gasteiger partial charge on any atom is -0.00258 e. The van der Waals surface area contributed by atoms with Gasteiger partial charge in [0.15, 0.2) is 0 Å². The Morgan fingerprint density at radius 3 is 1.05 bits per heavy atom. The summed E-state index contributed by atoms with van der Waals surface area (Å²) in [6.07, 6.45) is 1.03. The van der Waals surface area contributed by atoms with Gasteiger partial charge < -0.3 is 0 Å². The second-order valence-corrected chi connectivity index (χ2v) is 4.15. The Morgan fingerprint density at radius 1 is 0.550 bits per heavy atom. The fourth-order valence-corrected chi connectivity index (χ4v) is 1.65. The van der Waals surface area contributed by atoms with Gasteiger partial charge in [-0.25, -0.2) is 0 Å². The van der Waals surface area contributed by atoms with Crippen molar-refractivity contribution in [3.8, 4) is 0 Å². The van der Waals surface area contributed by atoms with Crippen molar-refractivity contribution < 1.29 is 0 Å². The van der Waals surface area contributed by atoms with Crippen LogP contribution in [-0.4, -0.2) is 0 Å². The van der Waals surface area contributed by atoms with E-state index in [0.717, 1.165) is 6.42 Å².